The van der Waals surface area contributed by atoms with Gasteiger partial charge in [-0.1, -0.05) is 83.1 Å². The molecule has 0 aromatic carbocycles. The SMILES string of the molecule is CC(C)c1cc[nH]c1.CC(C)c1ccoc1.CC(C)c1ccsc1.CC(C)c1cnc[nH]1.CC(C)c1cnco1.CC(C)c1cncs1. The van der Waals surface area contributed by atoms with Crippen molar-refractivity contribution in [3.8, 4) is 0 Å². The minimum atomic E-state index is 0.456. The van der Waals surface area contributed by atoms with E-state index in [1.165, 1.54) is 33.7 Å². The number of oxazole rings is 1. The maximum atomic E-state index is 4.98. The van der Waals surface area contributed by atoms with Gasteiger partial charge >= 0.3 is 0 Å². The van der Waals surface area contributed by atoms with Crippen LogP contribution in [0, 0.1) is 0 Å². The molecule has 0 aliphatic heterocycles. The van der Waals surface area contributed by atoms with Gasteiger partial charge < -0.3 is 18.8 Å². The number of furan rings is 1. The maximum absolute atomic E-state index is 4.98. The van der Waals surface area contributed by atoms with Crippen LogP contribution in [0.5, 0.6) is 0 Å². The minimum absolute atomic E-state index is 0.456. The van der Waals surface area contributed by atoms with Crippen LogP contribution in [0.15, 0.2) is 99.5 Å². The number of nitrogens with zero attached hydrogens (tertiary/aromatic N) is 3. The highest BCUT2D eigenvalue weighted by atomic mass is 32.1. The van der Waals surface area contributed by atoms with Gasteiger partial charge in [-0.15, -0.1) is 11.3 Å². The van der Waals surface area contributed by atoms with Gasteiger partial charge in [0.05, 0.1) is 30.6 Å². The Hall–Kier alpha value is -3.69. The Bertz CT molecular complexity index is 1150. The average molecular weight is 694 g/mol. The number of rotatable bonds is 6. The van der Waals surface area contributed by atoms with Crippen molar-refractivity contribution in [3.05, 3.63) is 124 Å². The Morgan fingerprint density at radius 3 is 1.62 bits per heavy atom. The molecular formula is C39H59N5O2S2. The van der Waals surface area contributed by atoms with Crippen LogP contribution >= 0.6 is 22.7 Å². The summed E-state index contributed by atoms with van der Waals surface area (Å²) in [5, 5.41) is 4.32. The van der Waals surface area contributed by atoms with Gasteiger partial charge in [0.1, 0.15) is 5.76 Å². The molecule has 0 radical (unpaired) electrons. The monoisotopic (exact) mass is 693 g/mol. The Morgan fingerprint density at radius 2 is 1.38 bits per heavy atom. The van der Waals surface area contributed by atoms with Gasteiger partial charge in [-0.3, -0.25) is 4.98 Å². The van der Waals surface area contributed by atoms with Crippen molar-refractivity contribution < 1.29 is 8.83 Å². The van der Waals surface area contributed by atoms with Crippen molar-refractivity contribution in [2.45, 2.75) is 119 Å². The fourth-order valence-electron chi connectivity index (χ4n) is 3.51. The lowest BCUT2D eigenvalue weighted by Crippen LogP contribution is -1.84. The van der Waals surface area contributed by atoms with Crippen LogP contribution < -0.4 is 0 Å². The molecule has 2 N–H and O–H groups in total. The maximum Gasteiger partial charge on any atom is 0.180 e. The van der Waals surface area contributed by atoms with E-state index in [1.807, 2.05) is 36.4 Å². The quantitative estimate of drug-likeness (QED) is 0.181. The number of thiazole rings is 1. The standard InChI is InChI=1S/C7H11N.C7H10O.C7H10S.C6H10N2.C6H9NO.C6H9NS/c3*1-6(2)7-3-4-8-5-7;3*1-5(2)6-3-7-4-8-6/h3-6,8H,1-2H3;2*3-6H,1-2H3;3-5H,1-2H3,(H,7,8);2*3-5H,1-2H3. The average Bonchev–Trinajstić information content (AvgIpc) is 3.91. The summed E-state index contributed by atoms with van der Waals surface area (Å²) in [5.41, 5.74) is 7.17. The summed E-state index contributed by atoms with van der Waals surface area (Å²) in [6, 6.07) is 6.27. The molecule has 9 heteroatoms. The fourth-order valence-corrected chi connectivity index (χ4v) is 4.97. The predicted octanol–water partition coefficient (Wildman–Crippen LogP) is 13.0. The van der Waals surface area contributed by atoms with Crippen LogP contribution in [-0.4, -0.2) is 24.9 Å². The molecule has 0 bridgehead atoms. The zero-order valence-corrected chi connectivity index (χ0v) is 32.7. The van der Waals surface area contributed by atoms with E-state index in [2.05, 4.69) is 131 Å². The Kier molecular flexibility index (Phi) is 21.6. The van der Waals surface area contributed by atoms with E-state index in [1.54, 1.807) is 47.7 Å². The van der Waals surface area contributed by atoms with E-state index < -0.39 is 0 Å². The molecule has 6 aromatic heterocycles. The topological polar surface area (TPSA) is 96.5 Å². The van der Waals surface area contributed by atoms with Gasteiger partial charge in [0.25, 0.3) is 0 Å². The first-order valence-electron chi connectivity index (χ1n) is 16.7. The van der Waals surface area contributed by atoms with Gasteiger partial charge in [-0.25, -0.2) is 9.97 Å². The summed E-state index contributed by atoms with van der Waals surface area (Å²) < 4.78 is 9.86. The molecule has 0 aliphatic carbocycles. The number of nitrogens with one attached hydrogen (secondary N) is 2. The molecule has 6 heterocycles. The lowest BCUT2D eigenvalue weighted by atomic mass is 10.1. The highest BCUT2D eigenvalue weighted by Crippen LogP contribution is 2.18. The summed E-state index contributed by atoms with van der Waals surface area (Å²) in [7, 11) is 0. The first kappa shape index (κ1) is 42.3. The zero-order chi connectivity index (χ0) is 35.9. The lowest BCUT2D eigenvalue weighted by molar-refractivity contribution is 0.482. The minimum Gasteiger partial charge on any atom is -0.472 e. The molecule has 0 atom stereocenters. The molecule has 7 nitrogen and oxygen atoms in total. The molecule has 0 spiro atoms. The summed E-state index contributed by atoms with van der Waals surface area (Å²) in [4.78, 5) is 19.0. The summed E-state index contributed by atoms with van der Waals surface area (Å²) in [6.45, 7) is 25.8. The van der Waals surface area contributed by atoms with Gasteiger partial charge in [0.2, 0.25) is 0 Å². The highest BCUT2D eigenvalue weighted by molar-refractivity contribution is 7.09. The Labute approximate surface area is 297 Å². The van der Waals surface area contributed by atoms with E-state index in [9.17, 15) is 0 Å². The van der Waals surface area contributed by atoms with E-state index in [0.29, 0.717) is 35.5 Å². The second-order valence-corrected chi connectivity index (χ2v) is 14.7. The Balaban J connectivity index is 0.000000288. The number of H-pyrrole nitrogens is 2. The molecule has 0 unspecified atom stereocenters. The number of thiophene rings is 1. The number of hydrogen-bond donors (Lipinski definition) is 2. The van der Waals surface area contributed by atoms with Gasteiger partial charge in [-0.05, 0) is 75.2 Å². The van der Waals surface area contributed by atoms with Crippen molar-refractivity contribution in [1.29, 1.82) is 0 Å². The van der Waals surface area contributed by atoms with Crippen molar-refractivity contribution >= 4 is 22.7 Å². The second kappa shape index (κ2) is 24.5. The zero-order valence-electron chi connectivity index (χ0n) is 31.1. The molecule has 0 saturated carbocycles. The van der Waals surface area contributed by atoms with Crippen LogP contribution in [0.2, 0.25) is 0 Å². The molecule has 6 aromatic rings. The van der Waals surface area contributed by atoms with Crippen LogP contribution in [0.25, 0.3) is 0 Å². The lowest BCUT2D eigenvalue weighted by Gasteiger charge is -1.96. The molecule has 6 rings (SSSR count). The summed E-state index contributed by atoms with van der Waals surface area (Å²) >= 11 is 3.49. The molecular weight excluding hydrogens is 635 g/mol. The molecule has 0 fully saturated rings. The predicted molar refractivity (Wildman–Crippen MR) is 206 cm³/mol. The van der Waals surface area contributed by atoms with E-state index in [4.69, 9.17) is 8.83 Å². The first-order chi connectivity index (χ1) is 22.8. The molecule has 264 valence electrons. The summed E-state index contributed by atoms with van der Waals surface area (Å²) in [6.07, 6.45) is 16.1. The molecule has 0 aliphatic rings. The highest BCUT2D eigenvalue weighted by Gasteiger charge is 2.00. The molecule has 0 saturated heterocycles. The van der Waals surface area contributed by atoms with Gasteiger partial charge in [-0.2, -0.15) is 11.3 Å². The number of imidazole rings is 1. The van der Waals surface area contributed by atoms with E-state index >= 15 is 0 Å². The van der Waals surface area contributed by atoms with Crippen molar-refractivity contribution in [2.24, 2.45) is 0 Å². The Morgan fingerprint density at radius 1 is 0.667 bits per heavy atom. The third-order valence-electron chi connectivity index (χ3n) is 6.89. The fraction of sp³-hybridized carbons (Fsp3) is 0.462. The third-order valence-corrected chi connectivity index (χ3v) is 8.67. The van der Waals surface area contributed by atoms with Crippen molar-refractivity contribution in [2.75, 3.05) is 0 Å². The molecule has 0 amide bonds. The largest absolute Gasteiger partial charge is 0.472 e. The van der Waals surface area contributed by atoms with Gasteiger partial charge in [0.15, 0.2) is 6.39 Å². The van der Waals surface area contributed by atoms with Crippen LogP contribution in [-0.2, 0) is 0 Å². The molecule has 48 heavy (non-hydrogen) atoms. The van der Waals surface area contributed by atoms with Crippen LogP contribution in [0.3, 0.4) is 0 Å². The van der Waals surface area contributed by atoms with Crippen LogP contribution in [0.1, 0.15) is 152 Å². The first-order valence-corrected chi connectivity index (χ1v) is 18.6. The van der Waals surface area contributed by atoms with E-state index in [0.717, 1.165) is 5.76 Å². The van der Waals surface area contributed by atoms with Crippen molar-refractivity contribution in [1.82, 2.24) is 24.9 Å². The summed E-state index contributed by atoms with van der Waals surface area (Å²) in [5.74, 6) is 4.55. The van der Waals surface area contributed by atoms with Crippen molar-refractivity contribution in [3.63, 3.8) is 0 Å². The number of aromatic nitrogens is 5. The number of hydrogen-bond acceptors (Lipinski definition) is 7. The third kappa shape index (κ3) is 18.6. The normalized spacial score (nSPS) is 10.4. The second-order valence-electron chi connectivity index (χ2n) is 13.0. The van der Waals surface area contributed by atoms with Gasteiger partial charge in [0, 0.05) is 41.3 Å². The smallest absolute Gasteiger partial charge is 0.180 e. The van der Waals surface area contributed by atoms with E-state index in [-0.39, 0.29) is 0 Å². The van der Waals surface area contributed by atoms with Crippen LogP contribution in [0.4, 0.5) is 0 Å². The number of aromatic amines is 2.